The first kappa shape index (κ1) is 13.6. The number of carbonyl (C=O) groups is 1. The second-order valence-corrected chi connectivity index (χ2v) is 6.47. The van der Waals surface area contributed by atoms with Crippen LogP contribution in [0.15, 0.2) is 22.7 Å². The van der Waals surface area contributed by atoms with Crippen molar-refractivity contribution < 1.29 is 4.79 Å². The lowest BCUT2D eigenvalue weighted by molar-refractivity contribution is -0.130. The van der Waals surface area contributed by atoms with E-state index in [0.29, 0.717) is 0 Å². The summed E-state index contributed by atoms with van der Waals surface area (Å²) >= 11 is 3.53. The van der Waals surface area contributed by atoms with Crippen LogP contribution >= 0.6 is 15.9 Å². The summed E-state index contributed by atoms with van der Waals surface area (Å²) in [4.78, 5) is 12.5. The van der Waals surface area contributed by atoms with Gasteiger partial charge in [-0.3, -0.25) is 4.79 Å². The molecule has 0 bridgehead atoms. The van der Waals surface area contributed by atoms with Crippen molar-refractivity contribution in [3.8, 4) is 0 Å². The molecule has 0 saturated carbocycles. The van der Waals surface area contributed by atoms with Crippen LogP contribution < -0.4 is 5.32 Å². The van der Waals surface area contributed by atoms with Gasteiger partial charge >= 0.3 is 0 Å². The fourth-order valence-electron chi connectivity index (χ4n) is 3.00. The van der Waals surface area contributed by atoms with Crippen LogP contribution in [0.2, 0.25) is 0 Å². The monoisotopic (exact) mass is 309 g/mol. The molecular weight excluding hydrogens is 290 g/mol. The third kappa shape index (κ3) is 1.80. The molecule has 0 atom stereocenters. The summed E-state index contributed by atoms with van der Waals surface area (Å²) in [5.41, 5.74) is 1.74. The Labute approximate surface area is 117 Å². The number of benzene rings is 1. The molecule has 1 heterocycles. The molecule has 0 spiro atoms. The summed E-state index contributed by atoms with van der Waals surface area (Å²) in [5.74, 6) is 0.156. The number of halogens is 1. The van der Waals surface area contributed by atoms with Crippen molar-refractivity contribution in [3.05, 3.63) is 33.8 Å². The Hall–Kier alpha value is -0.830. The molecule has 18 heavy (non-hydrogen) atoms. The van der Waals surface area contributed by atoms with Gasteiger partial charge in [-0.2, -0.15) is 0 Å². The number of carbonyl (C=O) groups excluding carboxylic acids is 1. The Kier molecular flexibility index (Phi) is 3.30. The molecule has 0 fully saturated rings. The minimum absolute atomic E-state index is 0.156. The first-order chi connectivity index (χ1) is 8.37. The first-order valence-corrected chi connectivity index (χ1v) is 7.30. The van der Waals surface area contributed by atoms with Crippen LogP contribution in [0.5, 0.6) is 0 Å². The van der Waals surface area contributed by atoms with Crippen molar-refractivity contribution in [1.29, 1.82) is 0 Å². The van der Waals surface area contributed by atoms with E-state index in [2.05, 4.69) is 61.1 Å². The largest absolute Gasteiger partial charge is 0.346 e. The van der Waals surface area contributed by atoms with E-state index in [9.17, 15) is 4.79 Å². The van der Waals surface area contributed by atoms with Crippen molar-refractivity contribution in [1.82, 2.24) is 5.32 Å². The highest BCUT2D eigenvalue weighted by molar-refractivity contribution is 9.10. The van der Waals surface area contributed by atoms with Gasteiger partial charge in [0.15, 0.2) is 0 Å². The van der Waals surface area contributed by atoms with E-state index in [0.717, 1.165) is 17.3 Å². The second kappa shape index (κ2) is 4.37. The Morgan fingerprint density at radius 1 is 1.17 bits per heavy atom. The molecule has 1 N–H and O–H groups in total. The maximum absolute atomic E-state index is 12.5. The molecule has 0 saturated heterocycles. The second-order valence-electron chi connectivity index (χ2n) is 5.56. The quantitative estimate of drug-likeness (QED) is 0.882. The van der Waals surface area contributed by atoms with Gasteiger partial charge < -0.3 is 5.32 Å². The number of nitrogens with one attached hydrogen (secondary N) is 1. The lowest BCUT2D eigenvalue weighted by Crippen LogP contribution is -2.56. The molecule has 0 unspecified atom stereocenters. The van der Waals surface area contributed by atoms with E-state index in [-0.39, 0.29) is 16.9 Å². The highest BCUT2D eigenvalue weighted by Gasteiger charge is 2.46. The van der Waals surface area contributed by atoms with Crippen LogP contribution in [-0.2, 0) is 15.7 Å². The van der Waals surface area contributed by atoms with E-state index >= 15 is 0 Å². The molecule has 0 aromatic heterocycles. The van der Waals surface area contributed by atoms with E-state index in [1.807, 2.05) is 6.07 Å². The van der Waals surface area contributed by atoms with Crippen molar-refractivity contribution >= 4 is 21.8 Å². The molecule has 98 valence electrons. The molecule has 0 aliphatic carbocycles. The van der Waals surface area contributed by atoms with Gasteiger partial charge in [-0.25, -0.2) is 0 Å². The summed E-state index contributed by atoms with van der Waals surface area (Å²) in [6, 6.07) is 6.29. The zero-order chi connectivity index (χ0) is 13.6. The topological polar surface area (TPSA) is 29.1 Å². The van der Waals surface area contributed by atoms with Gasteiger partial charge in [0.05, 0.1) is 11.0 Å². The molecule has 2 rings (SSSR count). The van der Waals surface area contributed by atoms with Crippen LogP contribution in [0.3, 0.4) is 0 Å². The minimum atomic E-state index is -0.380. The van der Waals surface area contributed by atoms with Gasteiger partial charge in [0, 0.05) is 4.47 Å². The predicted molar refractivity (Wildman–Crippen MR) is 77.6 cm³/mol. The smallest absolute Gasteiger partial charge is 0.231 e. The average Bonchev–Trinajstić information content (AvgIpc) is 2.29. The fourth-order valence-corrected chi connectivity index (χ4v) is 3.36. The van der Waals surface area contributed by atoms with Gasteiger partial charge in [-0.05, 0) is 49.9 Å². The summed E-state index contributed by atoms with van der Waals surface area (Å²) in [7, 11) is 0. The Balaban J connectivity index is 2.75. The zero-order valence-corrected chi connectivity index (χ0v) is 13.0. The van der Waals surface area contributed by atoms with Crippen molar-refractivity contribution in [3.63, 3.8) is 0 Å². The highest BCUT2D eigenvalue weighted by Crippen LogP contribution is 2.43. The fraction of sp³-hybridized carbons (Fsp3) is 0.533. The van der Waals surface area contributed by atoms with Crippen molar-refractivity contribution in [2.24, 2.45) is 0 Å². The van der Waals surface area contributed by atoms with Crippen molar-refractivity contribution in [2.45, 2.75) is 51.5 Å². The maximum atomic E-state index is 12.5. The lowest BCUT2D eigenvalue weighted by Gasteiger charge is -2.44. The van der Waals surface area contributed by atoms with Crippen LogP contribution in [-0.4, -0.2) is 5.91 Å². The van der Waals surface area contributed by atoms with Crippen LogP contribution in [0.4, 0.5) is 0 Å². The molecule has 2 nitrogen and oxygen atoms in total. The van der Waals surface area contributed by atoms with Gasteiger partial charge in [0.1, 0.15) is 0 Å². The summed E-state index contributed by atoms with van der Waals surface area (Å²) in [5, 5.41) is 3.17. The van der Waals surface area contributed by atoms with Gasteiger partial charge in [-0.15, -0.1) is 0 Å². The number of amides is 1. The lowest BCUT2D eigenvalue weighted by atomic mass is 9.67. The Morgan fingerprint density at radius 3 is 2.33 bits per heavy atom. The van der Waals surface area contributed by atoms with E-state index < -0.39 is 0 Å². The van der Waals surface area contributed by atoms with E-state index in [4.69, 9.17) is 0 Å². The first-order valence-electron chi connectivity index (χ1n) is 6.50. The maximum Gasteiger partial charge on any atom is 0.231 e. The molecule has 1 aliphatic heterocycles. The standard InChI is InChI=1S/C15H20BrNO/c1-5-15(6-2)12-9-10(16)7-8-11(12)14(3,4)17-13(15)18/h7-9H,5-6H2,1-4H3,(H,17,18). The molecule has 1 aromatic rings. The highest BCUT2D eigenvalue weighted by atomic mass is 79.9. The normalized spacial score (nSPS) is 20.2. The van der Waals surface area contributed by atoms with Crippen LogP contribution in [0.1, 0.15) is 51.7 Å². The van der Waals surface area contributed by atoms with Crippen molar-refractivity contribution in [2.75, 3.05) is 0 Å². The van der Waals surface area contributed by atoms with Gasteiger partial charge in [-0.1, -0.05) is 35.8 Å². The predicted octanol–water partition coefficient (Wildman–Crippen LogP) is 3.87. The SMILES string of the molecule is CCC1(CC)C(=O)NC(C)(C)c2ccc(Br)cc21. The number of rotatable bonds is 2. The summed E-state index contributed by atoms with van der Waals surface area (Å²) in [6.45, 7) is 8.30. The van der Waals surface area contributed by atoms with E-state index in [1.165, 1.54) is 11.1 Å². The van der Waals surface area contributed by atoms with E-state index in [1.54, 1.807) is 0 Å². The number of fused-ring (bicyclic) bond motifs is 1. The Morgan fingerprint density at radius 2 is 1.78 bits per heavy atom. The minimum Gasteiger partial charge on any atom is -0.346 e. The third-order valence-corrected chi connectivity index (χ3v) is 4.73. The summed E-state index contributed by atoms with van der Waals surface area (Å²) in [6.07, 6.45) is 1.66. The van der Waals surface area contributed by atoms with Crippen LogP contribution in [0, 0.1) is 0 Å². The molecule has 3 heteroatoms. The number of hydrogen-bond donors (Lipinski definition) is 1. The Bertz CT molecular complexity index is 489. The van der Waals surface area contributed by atoms with Crippen LogP contribution in [0.25, 0.3) is 0 Å². The molecule has 0 radical (unpaired) electrons. The third-order valence-electron chi connectivity index (χ3n) is 4.24. The van der Waals surface area contributed by atoms with Gasteiger partial charge in [0.25, 0.3) is 0 Å². The van der Waals surface area contributed by atoms with Gasteiger partial charge in [0.2, 0.25) is 5.91 Å². The summed E-state index contributed by atoms with van der Waals surface area (Å²) < 4.78 is 1.04. The molecule has 1 aliphatic rings. The number of hydrogen-bond acceptors (Lipinski definition) is 1. The molecular formula is C15H20BrNO. The zero-order valence-electron chi connectivity index (χ0n) is 11.4. The molecule has 1 amide bonds. The molecule has 1 aromatic carbocycles. The average molecular weight is 310 g/mol.